The van der Waals surface area contributed by atoms with Crippen molar-refractivity contribution in [2.24, 2.45) is 5.92 Å². The molecule has 0 saturated heterocycles. The van der Waals surface area contributed by atoms with E-state index in [1.807, 2.05) is 13.8 Å². The van der Waals surface area contributed by atoms with Gasteiger partial charge in [0.15, 0.2) is 11.5 Å². The van der Waals surface area contributed by atoms with Crippen molar-refractivity contribution in [3.8, 4) is 11.5 Å². The number of hydrogen-bond acceptors (Lipinski definition) is 4. The zero-order valence-electron chi connectivity index (χ0n) is 12.7. The molecule has 6 heteroatoms. The van der Waals surface area contributed by atoms with Gasteiger partial charge in [-0.05, 0) is 31.0 Å². The van der Waals surface area contributed by atoms with E-state index >= 15 is 0 Å². The van der Waals surface area contributed by atoms with Gasteiger partial charge in [-0.25, -0.2) is 0 Å². The fourth-order valence-corrected chi connectivity index (χ4v) is 1.53. The van der Waals surface area contributed by atoms with Crippen molar-refractivity contribution < 1.29 is 24.2 Å². The second kappa shape index (κ2) is 7.52. The number of amides is 1. The molecule has 0 fully saturated rings. The highest BCUT2D eigenvalue weighted by atomic mass is 16.5. The van der Waals surface area contributed by atoms with Crippen molar-refractivity contribution in [2.45, 2.75) is 26.8 Å². The van der Waals surface area contributed by atoms with Gasteiger partial charge in [-0.3, -0.25) is 9.59 Å². The molecule has 0 saturated carbocycles. The molecule has 1 aromatic rings. The molecule has 0 heterocycles. The van der Waals surface area contributed by atoms with Crippen LogP contribution >= 0.6 is 0 Å². The van der Waals surface area contributed by atoms with E-state index < -0.39 is 17.9 Å². The van der Waals surface area contributed by atoms with Crippen LogP contribution in [0.5, 0.6) is 11.5 Å². The number of carboxylic acids is 1. The average Bonchev–Trinajstić information content (AvgIpc) is 2.44. The van der Waals surface area contributed by atoms with Crippen LogP contribution < -0.4 is 14.8 Å². The summed E-state index contributed by atoms with van der Waals surface area (Å²) in [7, 11) is 1.49. The standard InChI is InChI=1S/C15H21NO5/c1-9(2)8-21-12-6-5-11(7-13(12)20-4)14(17)16-10(3)15(18)19/h5-7,9-10H,8H2,1-4H3,(H,16,17)(H,18,19). The van der Waals surface area contributed by atoms with Crippen LogP contribution in [0.25, 0.3) is 0 Å². The summed E-state index contributed by atoms with van der Waals surface area (Å²) in [6, 6.07) is 3.78. The minimum atomic E-state index is -1.09. The van der Waals surface area contributed by atoms with E-state index in [1.54, 1.807) is 12.1 Å². The smallest absolute Gasteiger partial charge is 0.325 e. The second-order valence-corrected chi connectivity index (χ2v) is 5.10. The summed E-state index contributed by atoms with van der Waals surface area (Å²) in [6.45, 7) is 6.00. The third-order valence-corrected chi connectivity index (χ3v) is 2.72. The molecule has 21 heavy (non-hydrogen) atoms. The third-order valence-electron chi connectivity index (χ3n) is 2.72. The topological polar surface area (TPSA) is 84.9 Å². The zero-order chi connectivity index (χ0) is 16.0. The summed E-state index contributed by atoms with van der Waals surface area (Å²) in [6.07, 6.45) is 0. The molecule has 1 unspecified atom stereocenters. The SMILES string of the molecule is COc1cc(C(=O)NC(C)C(=O)O)ccc1OCC(C)C. The van der Waals surface area contributed by atoms with E-state index in [0.29, 0.717) is 29.6 Å². The first kappa shape index (κ1) is 16.8. The Kier molecular flexibility index (Phi) is 6.02. The Morgan fingerprint density at radius 2 is 1.90 bits per heavy atom. The Balaban J connectivity index is 2.86. The number of carbonyl (C=O) groups is 2. The average molecular weight is 295 g/mol. The van der Waals surface area contributed by atoms with Crippen molar-refractivity contribution in [3.05, 3.63) is 23.8 Å². The minimum Gasteiger partial charge on any atom is -0.493 e. The Morgan fingerprint density at radius 3 is 2.43 bits per heavy atom. The van der Waals surface area contributed by atoms with Gasteiger partial charge in [0.25, 0.3) is 5.91 Å². The number of methoxy groups -OCH3 is 1. The molecule has 6 nitrogen and oxygen atoms in total. The number of ether oxygens (including phenoxy) is 2. The summed E-state index contributed by atoms with van der Waals surface area (Å²) in [5.41, 5.74) is 0.317. The molecule has 0 radical (unpaired) electrons. The Bertz CT molecular complexity index is 513. The van der Waals surface area contributed by atoms with Gasteiger partial charge in [0, 0.05) is 5.56 Å². The quantitative estimate of drug-likeness (QED) is 0.803. The number of hydrogen-bond donors (Lipinski definition) is 2. The van der Waals surface area contributed by atoms with E-state index in [-0.39, 0.29) is 0 Å². The summed E-state index contributed by atoms with van der Waals surface area (Å²) >= 11 is 0. The summed E-state index contributed by atoms with van der Waals surface area (Å²) in [5.74, 6) is -0.208. The second-order valence-electron chi connectivity index (χ2n) is 5.10. The molecule has 1 aromatic carbocycles. The molecule has 0 bridgehead atoms. The number of nitrogens with one attached hydrogen (secondary N) is 1. The Morgan fingerprint density at radius 1 is 1.24 bits per heavy atom. The lowest BCUT2D eigenvalue weighted by atomic mass is 10.1. The number of carboxylic acid groups (broad SMARTS) is 1. The van der Waals surface area contributed by atoms with Gasteiger partial charge in [-0.2, -0.15) is 0 Å². The fraction of sp³-hybridized carbons (Fsp3) is 0.467. The van der Waals surface area contributed by atoms with Gasteiger partial charge < -0.3 is 19.9 Å². The lowest BCUT2D eigenvalue weighted by Gasteiger charge is -2.14. The van der Waals surface area contributed by atoms with Gasteiger partial charge in [0.05, 0.1) is 13.7 Å². The number of aliphatic carboxylic acids is 1. The maximum atomic E-state index is 11.9. The van der Waals surface area contributed by atoms with Crippen LogP contribution in [-0.2, 0) is 4.79 Å². The van der Waals surface area contributed by atoms with Gasteiger partial charge in [0.2, 0.25) is 0 Å². The van der Waals surface area contributed by atoms with Gasteiger partial charge in [0.1, 0.15) is 6.04 Å². The molecule has 0 spiro atoms. The van der Waals surface area contributed by atoms with Gasteiger partial charge >= 0.3 is 5.97 Å². The predicted molar refractivity (Wildman–Crippen MR) is 77.9 cm³/mol. The van der Waals surface area contributed by atoms with Crippen molar-refractivity contribution >= 4 is 11.9 Å². The van der Waals surface area contributed by atoms with Crippen LogP contribution in [-0.4, -0.2) is 36.7 Å². The molecule has 1 atom stereocenters. The van der Waals surface area contributed by atoms with Crippen molar-refractivity contribution in [1.82, 2.24) is 5.32 Å². The van der Waals surface area contributed by atoms with Gasteiger partial charge in [-0.1, -0.05) is 13.8 Å². The van der Waals surface area contributed by atoms with Crippen molar-refractivity contribution in [3.63, 3.8) is 0 Å². The third kappa shape index (κ3) is 4.98. The van der Waals surface area contributed by atoms with Crippen LogP contribution in [0.15, 0.2) is 18.2 Å². The maximum absolute atomic E-state index is 11.9. The predicted octanol–water partition coefficient (Wildman–Crippen LogP) is 1.93. The molecule has 0 aliphatic heterocycles. The first-order valence-corrected chi connectivity index (χ1v) is 6.69. The molecule has 116 valence electrons. The van der Waals surface area contributed by atoms with E-state index in [1.165, 1.54) is 20.1 Å². The number of benzene rings is 1. The van der Waals surface area contributed by atoms with Crippen LogP contribution in [0.2, 0.25) is 0 Å². The largest absolute Gasteiger partial charge is 0.493 e. The monoisotopic (exact) mass is 295 g/mol. The minimum absolute atomic E-state index is 0.317. The summed E-state index contributed by atoms with van der Waals surface area (Å²) < 4.78 is 10.8. The molecule has 2 N–H and O–H groups in total. The molecule has 0 aromatic heterocycles. The maximum Gasteiger partial charge on any atom is 0.325 e. The number of rotatable bonds is 7. The normalized spacial score (nSPS) is 11.9. The van der Waals surface area contributed by atoms with Crippen LogP contribution in [0.3, 0.4) is 0 Å². The van der Waals surface area contributed by atoms with Crippen LogP contribution in [0.1, 0.15) is 31.1 Å². The zero-order valence-corrected chi connectivity index (χ0v) is 12.7. The Hall–Kier alpha value is -2.24. The lowest BCUT2D eigenvalue weighted by molar-refractivity contribution is -0.138. The highest BCUT2D eigenvalue weighted by molar-refractivity contribution is 5.97. The van der Waals surface area contributed by atoms with E-state index in [0.717, 1.165) is 0 Å². The van der Waals surface area contributed by atoms with Crippen molar-refractivity contribution in [2.75, 3.05) is 13.7 Å². The molecule has 0 aliphatic rings. The van der Waals surface area contributed by atoms with E-state index in [2.05, 4.69) is 5.32 Å². The highest BCUT2D eigenvalue weighted by Gasteiger charge is 2.17. The summed E-state index contributed by atoms with van der Waals surface area (Å²) in [4.78, 5) is 22.7. The Labute approximate surface area is 124 Å². The molecular weight excluding hydrogens is 274 g/mol. The molecule has 0 aliphatic carbocycles. The number of carbonyl (C=O) groups excluding carboxylic acids is 1. The van der Waals surface area contributed by atoms with E-state index in [9.17, 15) is 9.59 Å². The molecule has 1 rings (SSSR count). The molecule has 1 amide bonds. The van der Waals surface area contributed by atoms with Crippen LogP contribution in [0.4, 0.5) is 0 Å². The van der Waals surface area contributed by atoms with Gasteiger partial charge in [-0.15, -0.1) is 0 Å². The highest BCUT2D eigenvalue weighted by Crippen LogP contribution is 2.28. The first-order valence-electron chi connectivity index (χ1n) is 6.69. The fourth-order valence-electron chi connectivity index (χ4n) is 1.53. The van der Waals surface area contributed by atoms with Crippen LogP contribution in [0, 0.1) is 5.92 Å². The van der Waals surface area contributed by atoms with E-state index in [4.69, 9.17) is 14.6 Å². The first-order chi connectivity index (χ1) is 9.85. The summed E-state index contributed by atoms with van der Waals surface area (Å²) in [5, 5.41) is 11.2. The molecular formula is C15H21NO5. The van der Waals surface area contributed by atoms with Crippen molar-refractivity contribution in [1.29, 1.82) is 0 Å². The lowest BCUT2D eigenvalue weighted by Crippen LogP contribution is -2.38.